The molecule has 0 fully saturated rings. The van der Waals surface area contributed by atoms with E-state index in [1.54, 1.807) is 0 Å². The van der Waals surface area contributed by atoms with E-state index in [0.717, 1.165) is 0 Å². The van der Waals surface area contributed by atoms with Gasteiger partial charge in [0.15, 0.2) is 0 Å². The minimum atomic E-state index is 0. The third-order valence-electron chi connectivity index (χ3n) is 0. The van der Waals surface area contributed by atoms with Crippen LogP contribution in [0.1, 0.15) is 0 Å². The summed E-state index contributed by atoms with van der Waals surface area (Å²) in [7, 11) is 0. The van der Waals surface area contributed by atoms with E-state index in [4.69, 9.17) is 0 Å². The smallest absolute Gasteiger partial charge is 2.00 e. The molecule has 4 heteroatoms. The average Bonchev–Trinajstić information content (AvgIpc) is 0. The summed E-state index contributed by atoms with van der Waals surface area (Å²) >= 11 is 0. The van der Waals surface area contributed by atoms with Gasteiger partial charge in [0.1, 0.15) is 0 Å². The summed E-state index contributed by atoms with van der Waals surface area (Å²) in [6.07, 6.45) is 0. The van der Waals surface area contributed by atoms with Gasteiger partial charge in [-0.05, 0) is 0 Å². The molecule has 0 N–H and O–H groups in total. The van der Waals surface area contributed by atoms with Crippen LogP contribution in [0.4, 0.5) is 0 Å². The molecule has 0 aromatic carbocycles. The monoisotopic (exact) mass is 160 g/mol. The third kappa shape index (κ3) is 8.82. The van der Waals surface area contributed by atoms with Gasteiger partial charge in [0.25, 0.3) is 0 Å². The molecular formula is CaFeS2. The molecule has 0 unspecified atom stereocenters. The van der Waals surface area contributed by atoms with Crippen LogP contribution < -0.4 is 0 Å². The normalized spacial score (nSPS) is 0. The van der Waals surface area contributed by atoms with E-state index in [-0.39, 0.29) is 81.8 Å². The Hall–Kier alpha value is 2.48. The van der Waals surface area contributed by atoms with Gasteiger partial charge < -0.3 is 27.0 Å². The largest absolute Gasteiger partial charge is 2.00 e. The first-order valence-corrected chi connectivity index (χ1v) is 0. The summed E-state index contributed by atoms with van der Waals surface area (Å²) < 4.78 is 0. The number of rotatable bonds is 0. The molecule has 4 heavy (non-hydrogen) atoms. The molecular weight excluding hydrogens is 160 g/mol. The van der Waals surface area contributed by atoms with Crippen LogP contribution in [0.15, 0.2) is 0 Å². The molecule has 0 spiro atoms. The van der Waals surface area contributed by atoms with Gasteiger partial charge in [-0.25, -0.2) is 0 Å². The predicted octanol–water partition coefficient (Wildman–Crippen LogP) is -0.388. The Morgan fingerprint density at radius 2 is 0.750 bits per heavy atom. The molecule has 0 aliphatic carbocycles. The van der Waals surface area contributed by atoms with Crippen molar-refractivity contribution in [3.8, 4) is 0 Å². The molecule has 0 bridgehead atoms. The molecule has 0 heterocycles. The van der Waals surface area contributed by atoms with Crippen molar-refractivity contribution in [1.29, 1.82) is 0 Å². The van der Waals surface area contributed by atoms with E-state index >= 15 is 0 Å². The second-order valence-corrected chi connectivity index (χ2v) is 0. The zero-order valence-electron chi connectivity index (χ0n) is 1.88. The van der Waals surface area contributed by atoms with Crippen molar-refractivity contribution < 1.29 is 17.1 Å². The maximum absolute atomic E-state index is 0. The maximum Gasteiger partial charge on any atom is 2.00 e. The second kappa shape index (κ2) is 17.9. The van der Waals surface area contributed by atoms with E-state index in [1.807, 2.05) is 0 Å². The van der Waals surface area contributed by atoms with Gasteiger partial charge in [-0.2, -0.15) is 0 Å². The first kappa shape index (κ1) is 31.6. The molecule has 0 saturated carbocycles. The van der Waals surface area contributed by atoms with Gasteiger partial charge in [0.05, 0.1) is 0 Å². The van der Waals surface area contributed by atoms with Crippen LogP contribution >= 0.6 is 0 Å². The van der Waals surface area contributed by atoms with Crippen molar-refractivity contribution in [1.82, 2.24) is 0 Å². The van der Waals surface area contributed by atoms with E-state index in [1.165, 1.54) is 0 Å². The van der Waals surface area contributed by atoms with E-state index in [2.05, 4.69) is 0 Å². The Bertz CT molecular complexity index is 6.00. The van der Waals surface area contributed by atoms with Gasteiger partial charge in [0.2, 0.25) is 0 Å². The molecule has 0 aliphatic heterocycles. The quantitative estimate of drug-likeness (QED) is 0.423. The van der Waals surface area contributed by atoms with Crippen molar-refractivity contribution in [2.75, 3.05) is 0 Å². The predicted molar refractivity (Wildman–Crippen MR) is 20.5 cm³/mol. The van der Waals surface area contributed by atoms with Crippen LogP contribution in [0.5, 0.6) is 0 Å². The molecule has 0 nitrogen and oxygen atoms in total. The summed E-state index contributed by atoms with van der Waals surface area (Å²) in [5.74, 6) is 0. The third-order valence-corrected chi connectivity index (χ3v) is 0. The van der Waals surface area contributed by atoms with Gasteiger partial charge in [-0.1, -0.05) is 0 Å². The van der Waals surface area contributed by atoms with Crippen LogP contribution in [0.25, 0.3) is 0 Å². The topological polar surface area (TPSA) is 0 Å². The number of hydrogen-bond donors (Lipinski definition) is 0. The van der Waals surface area contributed by atoms with E-state index in [0.29, 0.717) is 0 Å². The first-order chi connectivity index (χ1) is 0. The molecule has 0 aromatic rings. The van der Waals surface area contributed by atoms with Crippen molar-refractivity contribution in [3.05, 3.63) is 0 Å². The van der Waals surface area contributed by atoms with Crippen LogP contribution in [-0.4, -0.2) is 37.7 Å². The van der Waals surface area contributed by atoms with Crippen LogP contribution in [0.3, 0.4) is 0 Å². The van der Waals surface area contributed by atoms with Crippen LogP contribution in [0.2, 0.25) is 0 Å². The maximum atomic E-state index is 0. The Morgan fingerprint density at radius 3 is 0.750 bits per heavy atom. The van der Waals surface area contributed by atoms with Gasteiger partial charge in [-0.15, -0.1) is 0 Å². The minimum absolute atomic E-state index is 0. The van der Waals surface area contributed by atoms with Crippen LogP contribution in [-0.2, 0) is 44.1 Å². The SMILES string of the molecule is [Ca+2].[Fe+2].[S-2].[S-2]. The van der Waals surface area contributed by atoms with Gasteiger partial charge >= 0.3 is 54.8 Å². The van der Waals surface area contributed by atoms with Crippen molar-refractivity contribution in [2.24, 2.45) is 0 Å². The minimum Gasteiger partial charge on any atom is -2.00 e. The second-order valence-electron chi connectivity index (χ2n) is 0. The molecule has 0 aromatic heterocycles. The van der Waals surface area contributed by atoms with Gasteiger partial charge in [0, 0.05) is 0 Å². The zero-order chi connectivity index (χ0) is 0. The fourth-order valence-electron chi connectivity index (χ4n) is 0. The van der Waals surface area contributed by atoms with Crippen molar-refractivity contribution in [2.45, 2.75) is 0 Å². The van der Waals surface area contributed by atoms with Crippen molar-refractivity contribution in [3.63, 3.8) is 0 Å². The Balaban J connectivity index is 0. The standard InChI is InChI=1S/Ca.Fe.2S/q2*+2;2*-2. The Labute approximate surface area is 80.5 Å². The fraction of sp³-hybridized carbons (Fsp3) is 0. The molecule has 0 aliphatic rings. The zero-order valence-corrected chi connectivity index (χ0v) is 6.82. The molecule has 0 rings (SSSR count). The molecule has 0 radical (unpaired) electrons. The molecule has 0 amide bonds. The molecule has 22 valence electrons. The summed E-state index contributed by atoms with van der Waals surface area (Å²) in [6.45, 7) is 0. The van der Waals surface area contributed by atoms with Crippen LogP contribution in [0, 0.1) is 0 Å². The molecule has 0 atom stereocenters. The van der Waals surface area contributed by atoms with Gasteiger partial charge in [-0.3, -0.25) is 0 Å². The van der Waals surface area contributed by atoms with E-state index < -0.39 is 0 Å². The summed E-state index contributed by atoms with van der Waals surface area (Å²) in [6, 6.07) is 0. The number of hydrogen-bond acceptors (Lipinski definition) is 0. The fourth-order valence-corrected chi connectivity index (χ4v) is 0. The summed E-state index contributed by atoms with van der Waals surface area (Å²) in [5.41, 5.74) is 0. The summed E-state index contributed by atoms with van der Waals surface area (Å²) in [4.78, 5) is 0. The van der Waals surface area contributed by atoms with Crippen molar-refractivity contribution >= 4 is 64.7 Å². The van der Waals surface area contributed by atoms with E-state index in [9.17, 15) is 0 Å². The average molecular weight is 160 g/mol. The first-order valence-electron chi connectivity index (χ1n) is 0. The molecule has 0 saturated heterocycles. The Kier molecular flexibility index (Phi) is 142. The Morgan fingerprint density at radius 1 is 0.750 bits per heavy atom. The summed E-state index contributed by atoms with van der Waals surface area (Å²) in [5, 5.41) is 0.